The van der Waals surface area contributed by atoms with Gasteiger partial charge in [-0.15, -0.1) is 0 Å². The molecule has 75 heavy (non-hydrogen) atoms. The number of fused-ring (bicyclic) bond motifs is 11. The fourth-order valence-corrected chi connectivity index (χ4v) is 11.3. The summed E-state index contributed by atoms with van der Waals surface area (Å²) in [4.78, 5) is 15.8. The van der Waals surface area contributed by atoms with Gasteiger partial charge in [-0.05, 0) is 118 Å². The molecule has 6 heteroatoms. The third kappa shape index (κ3) is 7.07. The van der Waals surface area contributed by atoms with Crippen molar-refractivity contribution in [3.05, 3.63) is 261 Å². The van der Waals surface area contributed by atoms with Crippen LogP contribution in [0, 0.1) is 0 Å². The van der Waals surface area contributed by atoms with Crippen LogP contribution in [0.5, 0.6) is 11.5 Å². The van der Waals surface area contributed by atoms with E-state index in [0.29, 0.717) is 23.2 Å². The van der Waals surface area contributed by atoms with Gasteiger partial charge in [0, 0.05) is 55.2 Å². The smallest absolute Gasteiger partial charge is 0.167 e. The maximum Gasteiger partial charge on any atom is 0.167 e. The Morgan fingerprint density at radius 3 is 1.21 bits per heavy atom. The van der Waals surface area contributed by atoms with Crippen LogP contribution < -0.4 is 4.74 Å². The molecule has 0 aliphatic carbocycles. The van der Waals surface area contributed by atoms with Crippen molar-refractivity contribution >= 4 is 43.6 Å². The first kappa shape index (κ1) is 42.5. The summed E-state index contributed by atoms with van der Waals surface area (Å²) in [7, 11) is 0. The van der Waals surface area contributed by atoms with Crippen molar-refractivity contribution in [1.29, 1.82) is 0 Å². The Labute approximate surface area is 432 Å². The first-order valence-electron chi connectivity index (χ1n) is 25.3. The largest absolute Gasteiger partial charge is 0.455 e. The van der Waals surface area contributed by atoms with Crippen molar-refractivity contribution in [3.8, 4) is 102 Å². The van der Waals surface area contributed by atoms with E-state index in [2.05, 4.69) is 209 Å². The van der Waals surface area contributed by atoms with Crippen molar-refractivity contribution in [2.24, 2.45) is 0 Å². The molecule has 6 nitrogen and oxygen atoms in total. The molecule has 4 heterocycles. The molecule has 0 N–H and O–H groups in total. The van der Waals surface area contributed by atoms with E-state index < -0.39 is 0 Å². The van der Waals surface area contributed by atoms with E-state index in [1.807, 2.05) is 60.7 Å². The Hall–Kier alpha value is -10.2. The lowest BCUT2D eigenvalue weighted by molar-refractivity contribution is 0.489. The minimum atomic E-state index is 0.517. The minimum absolute atomic E-state index is 0.517. The molecule has 0 spiro atoms. The lowest BCUT2D eigenvalue weighted by Crippen LogP contribution is -2.02. The second kappa shape index (κ2) is 17.3. The van der Waals surface area contributed by atoms with E-state index in [0.717, 1.165) is 89.4 Å². The predicted molar refractivity (Wildman–Crippen MR) is 307 cm³/mol. The van der Waals surface area contributed by atoms with Crippen LogP contribution in [0.1, 0.15) is 0 Å². The summed E-state index contributed by atoms with van der Waals surface area (Å²) in [5, 5.41) is 4.77. The Morgan fingerprint density at radius 2 is 0.653 bits per heavy atom. The summed E-state index contributed by atoms with van der Waals surface area (Å²) in [6, 6.07) is 92.3. The van der Waals surface area contributed by atoms with Crippen LogP contribution in [0.2, 0.25) is 0 Å². The van der Waals surface area contributed by atoms with Gasteiger partial charge in [0.15, 0.2) is 17.5 Å². The summed E-state index contributed by atoms with van der Waals surface area (Å²) < 4.78 is 12.1. The van der Waals surface area contributed by atoms with Crippen molar-refractivity contribution in [1.82, 2.24) is 24.1 Å². The van der Waals surface area contributed by atoms with Gasteiger partial charge in [0.05, 0.1) is 27.6 Å². The molecule has 0 amide bonds. The van der Waals surface area contributed by atoms with Crippen molar-refractivity contribution < 1.29 is 4.74 Å². The van der Waals surface area contributed by atoms with Crippen molar-refractivity contribution in [3.63, 3.8) is 0 Å². The van der Waals surface area contributed by atoms with Crippen LogP contribution >= 0.6 is 0 Å². The van der Waals surface area contributed by atoms with Gasteiger partial charge in [0.2, 0.25) is 0 Å². The van der Waals surface area contributed by atoms with E-state index in [9.17, 15) is 0 Å². The molecule has 14 aromatic rings. The van der Waals surface area contributed by atoms with Crippen molar-refractivity contribution in [2.45, 2.75) is 0 Å². The van der Waals surface area contributed by atoms with E-state index in [1.165, 1.54) is 32.6 Å². The molecule has 0 saturated heterocycles. The molecular formula is C69H43N5O. The molecule has 350 valence electrons. The Balaban J connectivity index is 0.949. The van der Waals surface area contributed by atoms with Crippen molar-refractivity contribution in [2.75, 3.05) is 0 Å². The number of nitrogens with zero attached hydrogens (tertiary/aromatic N) is 5. The highest BCUT2D eigenvalue weighted by Gasteiger charge is 2.28. The zero-order valence-corrected chi connectivity index (χ0v) is 40.5. The van der Waals surface area contributed by atoms with Gasteiger partial charge in [0.1, 0.15) is 11.5 Å². The number of hydrogen-bond acceptors (Lipinski definition) is 4. The fourth-order valence-electron chi connectivity index (χ4n) is 11.3. The summed E-state index contributed by atoms with van der Waals surface area (Å²) in [5.41, 5.74) is 17.8. The quantitative estimate of drug-likeness (QED) is 0.160. The molecule has 0 fully saturated rings. The summed E-state index contributed by atoms with van der Waals surface area (Å²) in [5.74, 6) is 3.10. The van der Waals surface area contributed by atoms with E-state index in [4.69, 9.17) is 19.7 Å². The van der Waals surface area contributed by atoms with Gasteiger partial charge in [0.25, 0.3) is 0 Å². The zero-order valence-electron chi connectivity index (χ0n) is 40.5. The Morgan fingerprint density at radius 1 is 0.253 bits per heavy atom. The summed E-state index contributed by atoms with van der Waals surface area (Å²) >= 11 is 0. The van der Waals surface area contributed by atoms with Crippen LogP contribution in [-0.2, 0) is 0 Å². The molecule has 1 aliphatic heterocycles. The maximum atomic E-state index is 7.40. The number of para-hydroxylation sites is 4. The van der Waals surface area contributed by atoms with Gasteiger partial charge < -0.3 is 13.9 Å². The standard InChI is InChI=1S/C69H43N5O/c1-5-19-44(20-6-1)67-70-68(45-21-7-2-8-22-45)72-69(71-67)60-43-49(48-34-37-64-57(40-48)55-30-16-18-32-62(55)74(64)51-25-11-4-12-26-51)42-59-53-28-14-13-27-52(53)58-41-47(35-38-65(58)75-66(59)60)46-33-36-63-56(39-46)54-29-15-17-31-61(54)73(63)50-23-9-3-10-24-50/h1-43H. The first-order chi connectivity index (χ1) is 37.2. The molecule has 0 bridgehead atoms. The molecule has 0 radical (unpaired) electrons. The molecule has 0 atom stereocenters. The average Bonchev–Trinajstić information content (AvgIpc) is 3.96. The minimum Gasteiger partial charge on any atom is -0.455 e. The fraction of sp³-hybridized carbons (Fsp3) is 0. The van der Waals surface area contributed by atoms with Crippen LogP contribution in [0.4, 0.5) is 0 Å². The first-order valence-corrected chi connectivity index (χ1v) is 25.3. The highest BCUT2D eigenvalue weighted by atomic mass is 16.5. The Kier molecular flexibility index (Phi) is 9.78. The summed E-state index contributed by atoms with van der Waals surface area (Å²) in [6.45, 7) is 0. The van der Waals surface area contributed by atoms with Crippen LogP contribution in [0.3, 0.4) is 0 Å². The molecule has 0 saturated carbocycles. The van der Waals surface area contributed by atoms with E-state index in [1.54, 1.807) is 0 Å². The monoisotopic (exact) mass is 957 g/mol. The lowest BCUT2D eigenvalue weighted by atomic mass is 9.89. The van der Waals surface area contributed by atoms with E-state index >= 15 is 0 Å². The molecule has 3 aromatic heterocycles. The number of aromatic nitrogens is 5. The van der Waals surface area contributed by atoms with Gasteiger partial charge in [-0.25, -0.2) is 15.0 Å². The number of hydrogen-bond donors (Lipinski definition) is 0. The second-order valence-corrected chi connectivity index (χ2v) is 19.1. The number of ether oxygens (including phenoxy) is 1. The van der Waals surface area contributed by atoms with Crippen LogP contribution in [0.15, 0.2) is 261 Å². The predicted octanol–water partition coefficient (Wildman–Crippen LogP) is 17.8. The SMILES string of the molecule is c1ccc(-c2nc(-c3ccccc3)nc(-c3cc(-c4ccc5c(c4)c4ccccc4n5-c4ccccc4)cc4c3Oc3ccc(-c5ccc6c(c5)c5ccccc5n6-c5ccccc5)cc3-c3ccccc3-4)n2)cc1. The Bertz CT molecular complexity index is 4490. The number of benzene rings is 11. The zero-order chi connectivity index (χ0) is 49.4. The molecule has 1 aliphatic rings. The van der Waals surface area contributed by atoms with Crippen LogP contribution in [-0.4, -0.2) is 24.1 Å². The topological polar surface area (TPSA) is 57.8 Å². The molecule has 15 rings (SSSR count). The second-order valence-electron chi connectivity index (χ2n) is 19.1. The maximum absolute atomic E-state index is 7.40. The van der Waals surface area contributed by atoms with Gasteiger partial charge in [-0.2, -0.15) is 0 Å². The average molecular weight is 958 g/mol. The van der Waals surface area contributed by atoms with Gasteiger partial charge in [-0.1, -0.05) is 176 Å². The normalized spacial score (nSPS) is 11.8. The summed E-state index contributed by atoms with van der Waals surface area (Å²) in [6.07, 6.45) is 0. The third-order valence-electron chi connectivity index (χ3n) is 14.8. The molecular weight excluding hydrogens is 915 g/mol. The highest BCUT2D eigenvalue weighted by Crippen LogP contribution is 2.52. The van der Waals surface area contributed by atoms with E-state index in [-0.39, 0.29) is 0 Å². The highest BCUT2D eigenvalue weighted by molar-refractivity contribution is 6.12. The van der Waals surface area contributed by atoms with Gasteiger partial charge >= 0.3 is 0 Å². The number of rotatable bonds is 7. The van der Waals surface area contributed by atoms with Gasteiger partial charge in [-0.3, -0.25) is 0 Å². The third-order valence-corrected chi connectivity index (χ3v) is 14.8. The molecule has 0 unspecified atom stereocenters. The molecule has 11 aromatic carbocycles. The van der Waals surface area contributed by atoms with Crippen LogP contribution in [0.25, 0.3) is 134 Å². The lowest BCUT2D eigenvalue weighted by Gasteiger charge is -2.17.